The van der Waals surface area contributed by atoms with Crippen LogP contribution in [0.4, 0.5) is 0 Å². The number of fused-ring (bicyclic) bond motifs is 2. The van der Waals surface area contributed by atoms with Gasteiger partial charge in [-0.15, -0.1) is 0 Å². The van der Waals surface area contributed by atoms with E-state index in [1.165, 1.54) is 21.7 Å². The summed E-state index contributed by atoms with van der Waals surface area (Å²) >= 11 is -0.356. The predicted octanol–water partition coefficient (Wildman–Crippen LogP) is 7.46. The number of hydrogen-bond acceptors (Lipinski definition) is 0. The van der Waals surface area contributed by atoms with Gasteiger partial charge in [-0.05, 0) is 0 Å². The number of allylic oxidation sites excluding steroid dienone is 2. The minimum absolute atomic E-state index is 0.356. The summed E-state index contributed by atoms with van der Waals surface area (Å²) in [6.07, 6.45) is 4.96. The topological polar surface area (TPSA) is 0 Å². The van der Waals surface area contributed by atoms with Gasteiger partial charge < -0.3 is 0 Å². The van der Waals surface area contributed by atoms with E-state index in [2.05, 4.69) is 128 Å². The molecule has 2 atom stereocenters. The van der Waals surface area contributed by atoms with E-state index >= 15 is 0 Å². The zero-order chi connectivity index (χ0) is 22.2. The second-order valence-electron chi connectivity index (χ2n) is 8.75. The van der Waals surface area contributed by atoms with Crippen LogP contribution in [0.1, 0.15) is 37.6 Å². The fourth-order valence-corrected chi connectivity index (χ4v) is 11.4. The van der Waals surface area contributed by atoms with E-state index in [-0.39, 0.29) is 19.2 Å². The monoisotopic (exact) mass is 476 g/mol. The molecule has 2 aliphatic carbocycles. The average molecular weight is 476 g/mol. The van der Waals surface area contributed by atoms with Gasteiger partial charge >= 0.3 is 208 Å². The molecular weight excluding hydrogens is 451 g/mol. The van der Waals surface area contributed by atoms with Crippen molar-refractivity contribution in [1.29, 1.82) is 0 Å². The van der Waals surface area contributed by atoms with Crippen molar-refractivity contribution in [3.05, 3.63) is 142 Å². The van der Waals surface area contributed by atoms with E-state index in [1.54, 1.807) is 22.0 Å². The molecule has 2 aliphatic rings. The van der Waals surface area contributed by atoms with Crippen molar-refractivity contribution in [3.63, 3.8) is 0 Å². The summed E-state index contributed by atoms with van der Waals surface area (Å²) in [7, 11) is -0.567. The van der Waals surface area contributed by atoms with E-state index in [9.17, 15) is 0 Å². The Bertz CT molecular complexity index is 1310. The minimum atomic E-state index is -0.567. The van der Waals surface area contributed by atoms with Gasteiger partial charge in [0.25, 0.3) is 0 Å². The molecule has 6 rings (SSSR count). The van der Waals surface area contributed by atoms with Gasteiger partial charge in [0.15, 0.2) is 0 Å². The van der Waals surface area contributed by atoms with Gasteiger partial charge in [-0.1, -0.05) is 0 Å². The molecule has 0 aromatic heterocycles. The summed E-state index contributed by atoms with van der Waals surface area (Å²) in [5.41, 5.74) is 7.48. The molecule has 0 bridgehead atoms. The van der Waals surface area contributed by atoms with Crippen molar-refractivity contribution in [2.45, 2.75) is 15.4 Å². The molecule has 0 nitrogen and oxygen atoms in total. The molecular formula is C31H25PTi. The van der Waals surface area contributed by atoms with Gasteiger partial charge in [-0.25, -0.2) is 0 Å². The third-order valence-electron chi connectivity index (χ3n) is 6.67. The van der Waals surface area contributed by atoms with Crippen molar-refractivity contribution in [1.82, 2.24) is 0 Å². The van der Waals surface area contributed by atoms with Gasteiger partial charge in [0, 0.05) is 0 Å². The third-order valence-corrected chi connectivity index (χ3v) is 12.8. The van der Waals surface area contributed by atoms with Crippen LogP contribution in [0.5, 0.6) is 0 Å². The quantitative estimate of drug-likeness (QED) is 0.207. The molecule has 0 saturated carbocycles. The summed E-state index contributed by atoms with van der Waals surface area (Å²) < 4.78 is 1.15. The Labute approximate surface area is 206 Å². The molecule has 0 radical (unpaired) electrons. The molecule has 0 amide bonds. The molecule has 2 unspecified atom stereocenters. The predicted molar refractivity (Wildman–Crippen MR) is 139 cm³/mol. The van der Waals surface area contributed by atoms with Crippen LogP contribution in [0, 0.1) is 0 Å². The first-order valence-corrected chi connectivity index (χ1v) is 14.7. The van der Waals surface area contributed by atoms with E-state index in [1.807, 2.05) is 0 Å². The zero-order valence-electron chi connectivity index (χ0n) is 18.6. The van der Waals surface area contributed by atoms with Gasteiger partial charge in [0.1, 0.15) is 0 Å². The maximum atomic E-state index is 2.54. The van der Waals surface area contributed by atoms with Gasteiger partial charge in [0.2, 0.25) is 0 Å². The molecule has 0 saturated heterocycles. The van der Waals surface area contributed by atoms with Crippen molar-refractivity contribution < 1.29 is 19.2 Å². The number of rotatable bonds is 5. The van der Waals surface area contributed by atoms with Crippen LogP contribution in [0.2, 0.25) is 0 Å². The fourth-order valence-electron chi connectivity index (χ4n) is 5.14. The van der Waals surface area contributed by atoms with Crippen molar-refractivity contribution in [2.24, 2.45) is 0 Å². The summed E-state index contributed by atoms with van der Waals surface area (Å²) in [6, 6.07) is 40.5. The second kappa shape index (κ2) is 9.04. The Morgan fingerprint density at radius 1 is 0.545 bits per heavy atom. The van der Waals surface area contributed by atoms with Crippen LogP contribution >= 0.6 is 7.92 Å². The normalized spacial score (nSPS) is 18.5. The van der Waals surface area contributed by atoms with Crippen molar-refractivity contribution in [2.75, 3.05) is 0 Å². The molecule has 0 fully saturated rings. The van der Waals surface area contributed by atoms with Crippen molar-refractivity contribution >= 4 is 30.7 Å². The molecule has 0 N–H and O–H groups in total. The zero-order valence-corrected chi connectivity index (χ0v) is 21.1. The van der Waals surface area contributed by atoms with Crippen LogP contribution in [0.25, 0.3) is 12.2 Å². The van der Waals surface area contributed by atoms with Crippen LogP contribution in [0.15, 0.2) is 120 Å². The van der Waals surface area contributed by atoms with E-state index < -0.39 is 7.92 Å². The summed E-state index contributed by atoms with van der Waals surface area (Å²) in [5.74, 6) is 0. The number of hydrogen-bond donors (Lipinski definition) is 0. The fraction of sp³-hybridized carbons (Fsp3) is 0.0968. The standard InChI is InChI=1S/C21H16P.C10H9.Ti/c1-3-11-19(12-4-1)22(20-13-5-2-6-14-20)21-15-17-9-7-8-10-18(17)16-21;1-8-6-9-4-2-3-5-10(9)7-8;/h1-16H;2-7H,1H3;. The second-order valence-corrected chi connectivity index (χ2v) is 13.3. The summed E-state index contributed by atoms with van der Waals surface area (Å²) in [6.45, 7) is 2.34. The maximum absolute atomic E-state index is 2.54. The average Bonchev–Trinajstić information content (AvgIpc) is 3.38. The molecule has 4 aromatic rings. The SMILES string of the molecule is CC1=Cc2ccccc2[CH]1[Ti][CH]1C(P(c2ccccc2)c2ccccc2)=Cc2ccccc21. The molecule has 2 heteroatoms. The molecule has 158 valence electrons. The molecule has 4 aromatic carbocycles. The molecule has 0 heterocycles. The van der Waals surface area contributed by atoms with Crippen LogP contribution in [-0.4, -0.2) is 0 Å². The van der Waals surface area contributed by atoms with E-state index in [4.69, 9.17) is 0 Å². The summed E-state index contributed by atoms with van der Waals surface area (Å²) in [4.78, 5) is 0. The van der Waals surface area contributed by atoms with Crippen molar-refractivity contribution in [3.8, 4) is 0 Å². The number of benzene rings is 4. The first-order chi connectivity index (χ1) is 16.3. The first-order valence-electron chi connectivity index (χ1n) is 11.5. The Hall–Kier alpha value is -2.50. The first kappa shape index (κ1) is 21.1. The molecule has 0 aliphatic heterocycles. The van der Waals surface area contributed by atoms with Crippen LogP contribution in [-0.2, 0) is 19.2 Å². The molecule has 33 heavy (non-hydrogen) atoms. The Kier molecular flexibility index (Phi) is 5.77. The van der Waals surface area contributed by atoms with Crippen LogP contribution < -0.4 is 10.6 Å². The van der Waals surface area contributed by atoms with E-state index in [0.29, 0.717) is 8.45 Å². The summed E-state index contributed by atoms with van der Waals surface area (Å²) in [5, 5.41) is 4.54. The van der Waals surface area contributed by atoms with Gasteiger partial charge in [0.05, 0.1) is 0 Å². The third kappa shape index (κ3) is 3.92. The Balaban J connectivity index is 1.47. The van der Waals surface area contributed by atoms with E-state index in [0.717, 1.165) is 0 Å². The Morgan fingerprint density at radius 2 is 1.03 bits per heavy atom. The van der Waals surface area contributed by atoms with Gasteiger partial charge in [-0.2, -0.15) is 0 Å². The van der Waals surface area contributed by atoms with Crippen LogP contribution in [0.3, 0.4) is 0 Å². The Morgan fingerprint density at radius 3 is 1.64 bits per heavy atom. The van der Waals surface area contributed by atoms with Gasteiger partial charge in [-0.3, -0.25) is 0 Å². The molecule has 0 spiro atoms.